The average Bonchev–Trinajstić information content (AvgIpc) is 2.37. The van der Waals surface area contributed by atoms with Gasteiger partial charge >= 0.3 is 0 Å². The number of phenolic OH excluding ortho intramolecular Hbond substituents is 2. The first kappa shape index (κ1) is 13.9. The van der Waals surface area contributed by atoms with E-state index in [1.165, 1.54) is 6.08 Å². The van der Waals surface area contributed by atoms with Crippen LogP contribution in [-0.2, 0) is 0 Å². The molecule has 0 bridgehead atoms. The molecule has 0 aliphatic rings. The molecule has 0 radical (unpaired) electrons. The largest absolute Gasteiger partial charge is 0.508 e. The lowest BCUT2D eigenvalue weighted by atomic mass is 10.00. The van der Waals surface area contributed by atoms with Crippen LogP contribution in [0.5, 0.6) is 11.5 Å². The number of hydrogen-bond acceptors (Lipinski definition) is 3. The molecule has 102 valence electrons. The number of aryl methyl sites for hydroxylation is 2. The second-order valence-electron chi connectivity index (χ2n) is 4.77. The summed E-state index contributed by atoms with van der Waals surface area (Å²) >= 11 is 0. The maximum atomic E-state index is 12.1. The van der Waals surface area contributed by atoms with Gasteiger partial charge < -0.3 is 10.2 Å². The van der Waals surface area contributed by atoms with Crippen LogP contribution in [-0.4, -0.2) is 16.0 Å². The van der Waals surface area contributed by atoms with Gasteiger partial charge in [-0.2, -0.15) is 0 Å². The highest BCUT2D eigenvalue weighted by molar-refractivity contribution is 6.09. The molecule has 0 amide bonds. The monoisotopic (exact) mass is 268 g/mol. The van der Waals surface area contributed by atoms with Crippen molar-refractivity contribution in [2.24, 2.45) is 0 Å². The van der Waals surface area contributed by atoms with Crippen LogP contribution >= 0.6 is 0 Å². The molecule has 0 aliphatic heterocycles. The first-order valence-electron chi connectivity index (χ1n) is 6.29. The van der Waals surface area contributed by atoms with Crippen molar-refractivity contribution in [1.82, 2.24) is 0 Å². The van der Waals surface area contributed by atoms with Crippen molar-refractivity contribution in [2.45, 2.75) is 13.8 Å². The van der Waals surface area contributed by atoms with Gasteiger partial charge in [0.1, 0.15) is 11.5 Å². The summed E-state index contributed by atoms with van der Waals surface area (Å²) in [6.45, 7) is 3.67. The minimum absolute atomic E-state index is 0.00264. The van der Waals surface area contributed by atoms with Crippen molar-refractivity contribution < 1.29 is 15.0 Å². The molecule has 2 aromatic carbocycles. The Bertz CT molecular complexity index is 644. The van der Waals surface area contributed by atoms with E-state index in [0.29, 0.717) is 5.56 Å². The van der Waals surface area contributed by atoms with Gasteiger partial charge in [0.25, 0.3) is 0 Å². The van der Waals surface area contributed by atoms with Crippen LogP contribution in [0.4, 0.5) is 0 Å². The molecule has 0 saturated carbocycles. The molecule has 2 aromatic rings. The number of carbonyl (C=O) groups is 1. The molecule has 0 heterocycles. The Morgan fingerprint density at radius 1 is 1.05 bits per heavy atom. The Hall–Kier alpha value is -2.55. The molecule has 0 fully saturated rings. The third kappa shape index (κ3) is 3.06. The third-order valence-corrected chi connectivity index (χ3v) is 3.03. The van der Waals surface area contributed by atoms with E-state index in [1.54, 1.807) is 43.3 Å². The van der Waals surface area contributed by atoms with Crippen LogP contribution in [0.25, 0.3) is 6.08 Å². The maximum absolute atomic E-state index is 12.1. The molecule has 0 aromatic heterocycles. The highest BCUT2D eigenvalue weighted by Crippen LogP contribution is 2.24. The number of allylic oxidation sites excluding steroid dienone is 1. The molecule has 0 spiro atoms. The van der Waals surface area contributed by atoms with Crippen molar-refractivity contribution in [3.05, 3.63) is 64.7 Å². The van der Waals surface area contributed by atoms with E-state index in [9.17, 15) is 15.0 Å². The number of aromatic hydroxyl groups is 2. The van der Waals surface area contributed by atoms with Crippen molar-refractivity contribution in [3.63, 3.8) is 0 Å². The van der Waals surface area contributed by atoms with Gasteiger partial charge in [0.05, 0.1) is 5.56 Å². The van der Waals surface area contributed by atoms with E-state index in [4.69, 9.17) is 0 Å². The Labute approximate surface area is 117 Å². The molecule has 0 atom stereocenters. The number of hydrogen-bond donors (Lipinski definition) is 2. The van der Waals surface area contributed by atoms with E-state index in [1.807, 2.05) is 13.0 Å². The molecule has 0 unspecified atom stereocenters. The number of rotatable bonds is 3. The number of carbonyl (C=O) groups excluding carboxylic acids is 1. The molecular formula is C17H16O3. The average molecular weight is 268 g/mol. The number of benzene rings is 2. The summed E-state index contributed by atoms with van der Waals surface area (Å²) in [7, 11) is 0. The van der Waals surface area contributed by atoms with Gasteiger partial charge in [0.2, 0.25) is 0 Å². The second kappa shape index (κ2) is 5.61. The van der Waals surface area contributed by atoms with Gasteiger partial charge in [0.15, 0.2) is 5.78 Å². The van der Waals surface area contributed by atoms with E-state index in [-0.39, 0.29) is 17.3 Å². The van der Waals surface area contributed by atoms with Gasteiger partial charge in [0, 0.05) is 0 Å². The third-order valence-electron chi connectivity index (χ3n) is 3.03. The molecule has 0 aliphatic carbocycles. The van der Waals surface area contributed by atoms with Gasteiger partial charge in [-0.3, -0.25) is 4.79 Å². The predicted molar refractivity (Wildman–Crippen MR) is 79.1 cm³/mol. The summed E-state index contributed by atoms with van der Waals surface area (Å²) in [5.41, 5.74) is 2.80. The molecule has 3 nitrogen and oxygen atoms in total. The summed E-state index contributed by atoms with van der Waals surface area (Å²) in [6.07, 6.45) is 3.07. The quantitative estimate of drug-likeness (QED) is 0.660. The molecular weight excluding hydrogens is 252 g/mol. The highest BCUT2D eigenvalue weighted by Gasteiger charge is 2.12. The van der Waals surface area contributed by atoms with Crippen molar-refractivity contribution in [2.75, 3.05) is 0 Å². The Balaban J connectivity index is 2.26. The summed E-state index contributed by atoms with van der Waals surface area (Å²) in [4.78, 5) is 12.1. The smallest absolute Gasteiger partial charge is 0.189 e. The molecule has 20 heavy (non-hydrogen) atoms. The van der Waals surface area contributed by atoms with E-state index < -0.39 is 0 Å². The van der Waals surface area contributed by atoms with Gasteiger partial charge in [-0.1, -0.05) is 24.3 Å². The first-order chi connectivity index (χ1) is 9.47. The Morgan fingerprint density at radius 3 is 2.30 bits per heavy atom. The lowest BCUT2D eigenvalue weighted by molar-refractivity contribution is 0.104. The van der Waals surface area contributed by atoms with Crippen molar-refractivity contribution >= 4 is 11.9 Å². The van der Waals surface area contributed by atoms with E-state index in [2.05, 4.69) is 0 Å². The van der Waals surface area contributed by atoms with Crippen molar-refractivity contribution in [3.8, 4) is 11.5 Å². The fourth-order valence-corrected chi connectivity index (χ4v) is 2.11. The van der Waals surface area contributed by atoms with E-state index in [0.717, 1.165) is 16.7 Å². The SMILES string of the molecule is Cc1cc(C)c(C(=O)/C=C/c2ccc(O)cc2)c(O)c1. The zero-order valence-electron chi connectivity index (χ0n) is 11.4. The van der Waals surface area contributed by atoms with Crippen LogP contribution in [0.15, 0.2) is 42.5 Å². The zero-order valence-corrected chi connectivity index (χ0v) is 11.4. The van der Waals surface area contributed by atoms with E-state index >= 15 is 0 Å². The normalized spacial score (nSPS) is 10.9. The number of phenols is 2. The van der Waals surface area contributed by atoms with Gasteiger partial charge in [-0.25, -0.2) is 0 Å². The van der Waals surface area contributed by atoms with Gasteiger partial charge in [-0.15, -0.1) is 0 Å². The minimum Gasteiger partial charge on any atom is -0.508 e. The van der Waals surface area contributed by atoms with Crippen LogP contribution in [0.3, 0.4) is 0 Å². The first-order valence-corrected chi connectivity index (χ1v) is 6.29. The Kier molecular flexibility index (Phi) is 3.89. The number of ketones is 1. The summed E-state index contributed by atoms with van der Waals surface area (Å²) in [5, 5.41) is 19.1. The zero-order chi connectivity index (χ0) is 14.7. The fourth-order valence-electron chi connectivity index (χ4n) is 2.11. The maximum Gasteiger partial charge on any atom is 0.189 e. The molecule has 3 heteroatoms. The minimum atomic E-state index is -0.243. The molecule has 2 rings (SSSR count). The van der Waals surface area contributed by atoms with Crippen LogP contribution < -0.4 is 0 Å². The van der Waals surface area contributed by atoms with Crippen molar-refractivity contribution in [1.29, 1.82) is 0 Å². The lowest BCUT2D eigenvalue weighted by Crippen LogP contribution is -1.99. The highest BCUT2D eigenvalue weighted by atomic mass is 16.3. The fraction of sp³-hybridized carbons (Fsp3) is 0.118. The Morgan fingerprint density at radius 2 is 1.70 bits per heavy atom. The van der Waals surface area contributed by atoms with Crippen LogP contribution in [0.1, 0.15) is 27.0 Å². The summed E-state index contributed by atoms with van der Waals surface area (Å²) in [6, 6.07) is 9.97. The van der Waals surface area contributed by atoms with Gasteiger partial charge in [-0.05, 0) is 54.8 Å². The van der Waals surface area contributed by atoms with Crippen LogP contribution in [0, 0.1) is 13.8 Å². The summed E-state index contributed by atoms with van der Waals surface area (Å²) in [5.74, 6) is -0.0589. The topological polar surface area (TPSA) is 57.5 Å². The predicted octanol–water partition coefficient (Wildman–Crippen LogP) is 3.61. The molecule has 0 saturated heterocycles. The lowest BCUT2D eigenvalue weighted by Gasteiger charge is -2.06. The standard InChI is InChI=1S/C17H16O3/c1-11-9-12(2)17(16(20)10-11)15(19)8-5-13-3-6-14(18)7-4-13/h3-10,18,20H,1-2H3/b8-5+. The summed E-state index contributed by atoms with van der Waals surface area (Å²) < 4.78 is 0. The van der Waals surface area contributed by atoms with Crippen LogP contribution in [0.2, 0.25) is 0 Å². The molecule has 2 N–H and O–H groups in total. The second-order valence-corrected chi connectivity index (χ2v) is 4.77.